The minimum atomic E-state index is -0.0455. The third-order valence-corrected chi connectivity index (χ3v) is 3.82. The van der Waals surface area contributed by atoms with Crippen molar-refractivity contribution in [1.29, 1.82) is 0 Å². The first-order valence-corrected chi connectivity index (χ1v) is 7.62. The Morgan fingerprint density at radius 3 is 2.60 bits per heavy atom. The van der Waals surface area contributed by atoms with Crippen LogP contribution in [0.15, 0.2) is 30.3 Å². The molecule has 1 aliphatic rings. The monoisotopic (exact) mass is 276 g/mol. The van der Waals surface area contributed by atoms with E-state index in [2.05, 4.69) is 68.2 Å². The molecule has 1 aromatic rings. The van der Waals surface area contributed by atoms with E-state index in [4.69, 9.17) is 4.74 Å². The first-order chi connectivity index (χ1) is 9.46. The van der Waals surface area contributed by atoms with Crippen LogP contribution in [0.25, 0.3) is 0 Å². The highest BCUT2D eigenvalue weighted by atomic mass is 16.5. The Labute approximate surface area is 123 Å². The van der Waals surface area contributed by atoms with Crippen molar-refractivity contribution in [3.8, 4) is 0 Å². The molecule has 1 heterocycles. The van der Waals surface area contributed by atoms with Gasteiger partial charge in [0.2, 0.25) is 0 Å². The van der Waals surface area contributed by atoms with Crippen LogP contribution in [0.4, 0.5) is 0 Å². The Morgan fingerprint density at radius 2 is 1.95 bits per heavy atom. The van der Waals surface area contributed by atoms with E-state index in [-0.39, 0.29) is 5.60 Å². The van der Waals surface area contributed by atoms with Crippen molar-refractivity contribution in [1.82, 2.24) is 10.2 Å². The van der Waals surface area contributed by atoms with Crippen LogP contribution in [-0.4, -0.2) is 42.8 Å². The van der Waals surface area contributed by atoms with E-state index in [0.717, 1.165) is 26.2 Å². The lowest BCUT2D eigenvalue weighted by molar-refractivity contribution is -0.0210. The van der Waals surface area contributed by atoms with Crippen molar-refractivity contribution in [2.75, 3.05) is 26.2 Å². The maximum atomic E-state index is 5.86. The van der Waals surface area contributed by atoms with Crippen molar-refractivity contribution in [2.45, 2.75) is 45.4 Å². The number of piperazine rings is 1. The van der Waals surface area contributed by atoms with E-state index >= 15 is 0 Å². The molecule has 0 spiro atoms. The minimum absolute atomic E-state index is 0.0455. The van der Waals surface area contributed by atoms with E-state index in [0.29, 0.717) is 12.1 Å². The van der Waals surface area contributed by atoms with Crippen LogP contribution >= 0.6 is 0 Å². The lowest BCUT2D eigenvalue weighted by Crippen LogP contribution is -2.52. The molecule has 20 heavy (non-hydrogen) atoms. The van der Waals surface area contributed by atoms with Crippen LogP contribution in [0.1, 0.15) is 39.3 Å². The number of hydrogen-bond donors (Lipinski definition) is 1. The van der Waals surface area contributed by atoms with E-state index in [1.54, 1.807) is 0 Å². The Bertz CT molecular complexity index is 399. The van der Waals surface area contributed by atoms with Gasteiger partial charge in [-0.1, -0.05) is 30.3 Å². The maximum Gasteiger partial charge on any atom is 0.0600 e. The molecule has 1 saturated heterocycles. The summed E-state index contributed by atoms with van der Waals surface area (Å²) in [6.07, 6.45) is 0. The van der Waals surface area contributed by atoms with Crippen molar-refractivity contribution >= 4 is 0 Å². The van der Waals surface area contributed by atoms with Crippen LogP contribution in [0.2, 0.25) is 0 Å². The molecule has 1 fully saturated rings. The first kappa shape index (κ1) is 15.5. The third-order valence-electron chi connectivity index (χ3n) is 3.82. The average Bonchev–Trinajstić information content (AvgIpc) is 2.40. The molecule has 0 amide bonds. The molecule has 3 heteroatoms. The van der Waals surface area contributed by atoms with E-state index < -0.39 is 0 Å². The number of ether oxygens (including phenoxy) is 1. The normalized spacial score (nSPS) is 24.8. The van der Waals surface area contributed by atoms with Gasteiger partial charge < -0.3 is 10.1 Å². The highest BCUT2D eigenvalue weighted by Gasteiger charge is 2.25. The summed E-state index contributed by atoms with van der Waals surface area (Å²) < 4.78 is 5.86. The van der Waals surface area contributed by atoms with E-state index in [1.807, 2.05) is 0 Å². The SMILES string of the molecule is CC1CNC(c2ccccc2)CN1CCOC(C)(C)C. The summed E-state index contributed by atoms with van der Waals surface area (Å²) in [6.45, 7) is 12.5. The van der Waals surface area contributed by atoms with Crippen LogP contribution in [0.3, 0.4) is 0 Å². The molecule has 0 bridgehead atoms. The molecule has 0 saturated carbocycles. The second-order valence-electron chi connectivity index (χ2n) is 6.68. The van der Waals surface area contributed by atoms with Crippen molar-refractivity contribution < 1.29 is 4.74 Å². The Morgan fingerprint density at radius 1 is 1.25 bits per heavy atom. The predicted octanol–water partition coefficient (Wildman–Crippen LogP) is 2.84. The predicted molar refractivity (Wildman–Crippen MR) is 83.9 cm³/mol. The molecule has 0 radical (unpaired) electrons. The summed E-state index contributed by atoms with van der Waals surface area (Å²) in [4.78, 5) is 2.53. The van der Waals surface area contributed by atoms with Gasteiger partial charge in [-0.3, -0.25) is 4.90 Å². The molecule has 1 aromatic carbocycles. The number of nitrogens with zero attached hydrogens (tertiary/aromatic N) is 1. The number of rotatable bonds is 4. The lowest BCUT2D eigenvalue weighted by atomic mass is 10.0. The second kappa shape index (κ2) is 6.70. The van der Waals surface area contributed by atoms with Gasteiger partial charge >= 0.3 is 0 Å². The fourth-order valence-corrected chi connectivity index (χ4v) is 2.61. The zero-order valence-corrected chi connectivity index (χ0v) is 13.2. The van der Waals surface area contributed by atoms with Crippen LogP contribution < -0.4 is 5.32 Å². The third kappa shape index (κ3) is 4.58. The van der Waals surface area contributed by atoms with Gasteiger partial charge in [0.05, 0.1) is 12.2 Å². The summed E-state index contributed by atoms with van der Waals surface area (Å²) in [5.74, 6) is 0. The Balaban J connectivity index is 1.88. The molecule has 2 atom stereocenters. The Kier molecular flexibility index (Phi) is 5.19. The lowest BCUT2D eigenvalue weighted by Gasteiger charge is -2.39. The number of benzene rings is 1. The Hall–Kier alpha value is -0.900. The van der Waals surface area contributed by atoms with Gasteiger partial charge in [0.1, 0.15) is 0 Å². The zero-order valence-electron chi connectivity index (χ0n) is 13.2. The molecular formula is C17H28N2O. The topological polar surface area (TPSA) is 24.5 Å². The summed E-state index contributed by atoms with van der Waals surface area (Å²) in [6, 6.07) is 11.7. The zero-order chi connectivity index (χ0) is 14.6. The summed E-state index contributed by atoms with van der Waals surface area (Å²) in [7, 11) is 0. The number of nitrogens with one attached hydrogen (secondary N) is 1. The minimum Gasteiger partial charge on any atom is -0.375 e. The molecule has 2 rings (SSSR count). The molecule has 0 aromatic heterocycles. The van der Waals surface area contributed by atoms with Gasteiger partial charge in [-0.25, -0.2) is 0 Å². The van der Waals surface area contributed by atoms with Crippen molar-refractivity contribution in [3.05, 3.63) is 35.9 Å². The molecule has 2 unspecified atom stereocenters. The molecule has 1 N–H and O–H groups in total. The van der Waals surface area contributed by atoms with Crippen LogP contribution in [0, 0.1) is 0 Å². The van der Waals surface area contributed by atoms with Crippen molar-refractivity contribution in [2.24, 2.45) is 0 Å². The van der Waals surface area contributed by atoms with Gasteiger partial charge in [-0.15, -0.1) is 0 Å². The van der Waals surface area contributed by atoms with Gasteiger partial charge in [-0.2, -0.15) is 0 Å². The molecule has 112 valence electrons. The fourth-order valence-electron chi connectivity index (χ4n) is 2.61. The van der Waals surface area contributed by atoms with Crippen LogP contribution in [-0.2, 0) is 4.74 Å². The van der Waals surface area contributed by atoms with E-state index in [9.17, 15) is 0 Å². The summed E-state index contributed by atoms with van der Waals surface area (Å²) >= 11 is 0. The summed E-state index contributed by atoms with van der Waals surface area (Å²) in [5, 5.41) is 3.64. The average molecular weight is 276 g/mol. The fraction of sp³-hybridized carbons (Fsp3) is 0.647. The summed E-state index contributed by atoms with van der Waals surface area (Å²) in [5.41, 5.74) is 1.33. The second-order valence-corrected chi connectivity index (χ2v) is 6.68. The highest BCUT2D eigenvalue weighted by Crippen LogP contribution is 2.19. The molecule has 3 nitrogen and oxygen atoms in total. The quantitative estimate of drug-likeness (QED) is 0.915. The number of hydrogen-bond acceptors (Lipinski definition) is 3. The van der Waals surface area contributed by atoms with Crippen LogP contribution in [0.5, 0.6) is 0 Å². The molecule has 0 aliphatic carbocycles. The van der Waals surface area contributed by atoms with Crippen molar-refractivity contribution in [3.63, 3.8) is 0 Å². The highest BCUT2D eigenvalue weighted by molar-refractivity contribution is 5.20. The van der Waals surface area contributed by atoms with Gasteiger partial charge in [0.15, 0.2) is 0 Å². The smallest absolute Gasteiger partial charge is 0.0600 e. The molecular weight excluding hydrogens is 248 g/mol. The van der Waals surface area contributed by atoms with Gasteiger partial charge in [0.25, 0.3) is 0 Å². The first-order valence-electron chi connectivity index (χ1n) is 7.62. The molecule has 1 aliphatic heterocycles. The van der Waals surface area contributed by atoms with Gasteiger partial charge in [0, 0.05) is 31.7 Å². The van der Waals surface area contributed by atoms with Gasteiger partial charge in [-0.05, 0) is 33.3 Å². The standard InChI is InChI=1S/C17H28N2O/c1-14-12-18-16(15-8-6-5-7-9-15)13-19(14)10-11-20-17(2,3)4/h5-9,14,16,18H,10-13H2,1-4H3. The largest absolute Gasteiger partial charge is 0.375 e. The van der Waals surface area contributed by atoms with E-state index in [1.165, 1.54) is 5.56 Å². The maximum absolute atomic E-state index is 5.86.